The second-order valence-corrected chi connectivity index (χ2v) is 8.97. The van der Waals surface area contributed by atoms with Crippen LogP contribution in [0.1, 0.15) is 0 Å². The van der Waals surface area contributed by atoms with E-state index < -0.39 is 0 Å². The zero-order valence-electron chi connectivity index (χ0n) is 20.0. The van der Waals surface area contributed by atoms with E-state index >= 15 is 0 Å². The summed E-state index contributed by atoms with van der Waals surface area (Å²) in [6, 6.07) is 43.6. The van der Waals surface area contributed by atoms with Crippen LogP contribution in [0.15, 0.2) is 127 Å². The molecule has 0 amide bonds. The highest BCUT2D eigenvalue weighted by Crippen LogP contribution is 2.36. The van der Waals surface area contributed by atoms with E-state index in [9.17, 15) is 0 Å². The van der Waals surface area contributed by atoms with Gasteiger partial charge in [-0.1, -0.05) is 42.5 Å². The Hall–Kier alpha value is -5.16. The van der Waals surface area contributed by atoms with Crippen molar-refractivity contribution >= 4 is 39.1 Å². The highest BCUT2D eigenvalue weighted by atomic mass is 15.1. The van der Waals surface area contributed by atoms with Gasteiger partial charge < -0.3 is 14.9 Å². The van der Waals surface area contributed by atoms with Crippen LogP contribution in [-0.2, 0) is 0 Å². The maximum atomic E-state index is 4.75. The van der Waals surface area contributed by atoms with E-state index in [0.29, 0.717) is 0 Å². The van der Waals surface area contributed by atoms with Crippen LogP contribution >= 0.6 is 0 Å². The van der Waals surface area contributed by atoms with Crippen molar-refractivity contribution in [2.75, 3.05) is 4.90 Å². The lowest BCUT2D eigenvalue weighted by Crippen LogP contribution is -2.09. The van der Waals surface area contributed by atoms with E-state index in [2.05, 4.69) is 87.7 Å². The largest absolute Gasteiger partial charge is 0.338 e. The Bertz CT molecular complexity index is 1630. The van der Waals surface area contributed by atoms with E-state index in [1.807, 2.05) is 54.6 Å². The first-order valence-corrected chi connectivity index (χ1v) is 12.3. The quantitative estimate of drug-likeness (QED) is 0.262. The van der Waals surface area contributed by atoms with Gasteiger partial charge >= 0.3 is 0 Å². The van der Waals surface area contributed by atoms with Gasteiger partial charge in [-0.3, -0.25) is 0 Å². The fraction of sp³-hybridized carbons (Fsp3) is 0. The van der Waals surface area contributed by atoms with Crippen molar-refractivity contribution in [3.05, 3.63) is 127 Å². The topological polar surface area (TPSA) is 60.6 Å². The number of aromatic amines is 2. The summed E-state index contributed by atoms with van der Waals surface area (Å²) in [5.74, 6) is 1.74. The van der Waals surface area contributed by atoms with E-state index in [0.717, 1.165) is 61.9 Å². The molecule has 0 aliphatic carbocycles. The number of H-pyrrole nitrogens is 2. The van der Waals surface area contributed by atoms with Gasteiger partial charge in [0.1, 0.15) is 11.6 Å². The Kier molecular flexibility index (Phi) is 5.03. The fourth-order valence-electron chi connectivity index (χ4n) is 4.74. The Labute approximate surface area is 214 Å². The third kappa shape index (κ3) is 3.93. The van der Waals surface area contributed by atoms with Gasteiger partial charge in [0.2, 0.25) is 0 Å². The highest BCUT2D eigenvalue weighted by Gasteiger charge is 2.14. The summed E-state index contributed by atoms with van der Waals surface area (Å²) < 4.78 is 0. The number of imidazole rings is 2. The fourth-order valence-corrected chi connectivity index (χ4v) is 4.74. The molecule has 0 aliphatic heterocycles. The lowest BCUT2D eigenvalue weighted by molar-refractivity contribution is 1.27. The number of benzene rings is 5. The first-order chi connectivity index (χ1) is 18.3. The summed E-state index contributed by atoms with van der Waals surface area (Å²) in [5.41, 5.74) is 9.35. The van der Waals surface area contributed by atoms with Gasteiger partial charge in [0, 0.05) is 28.2 Å². The number of para-hydroxylation sites is 5. The number of aromatic nitrogens is 4. The molecule has 2 N–H and O–H groups in total. The van der Waals surface area contributed by atoms with Gasteiger partial charge in [0.25, 0.3) is 0 Å². The number of nitrogens with zero attached hydrogens (tertiary/aromatic N) is 3. The number of nitrogens with one attached hydrogen (secondary N) is 2. The van der Waals surface area contributed by atoms with Crippen molar-refractivity contribution in [1.82, 2.24) is 19.9 Å². The van der Waals surface area contributed by atoms with Crippen LogP contribution in [0.3, 0.4) is 0 Å². The zero-order chi connectivity index (χ0) is 24.6. The molecule has 7 aromatic rings. The normalized spacial score (nSPS) is 11.2. The second kappa shape index (κ2) is 8.81. The molecule has 7 rings (SSSR count). The number of hydrogen-bond donors (Lipinski definition) is 2. The molecule has 2 aromatic heterocycles. The number of hydrogen-bond acceptors (Lipinski definition) is 3. The summed E-state index contributed by atoms with van der Waals surface area (Å²) in [6.07, 6.45) is 0. The van der Waals surface area contributed by atoms with Crippen LogP contribution in [0.4, 0.5) is 17.1 Å². The molecule has 0 aliphatic rings. The van der Waals surface area contributed by atoms with Gasteiger partial charge in [-0.25, -0.2) is 9.97 Å². The molecule has 0 atom stereocenters. The van der Waals surface area contributed by atoms with Gasteiger partial charge in [-0.15, -0.1) is 0 Å². The SMILES string of the molecule is c1ccc(N(c2ccc(-c3nc4ccccc4[nH]3)cc2)c2ccc(-c3nc4ccccc4[nH]3)cc2)cc1. The molecule has 0 radical (unpaired) electrons. The molecule has 5 nitrogen and oxygen atoms in total. The molecule has 176 valence electrons. The van der Waals surface area contributed by atoms with Gasteiger partial charge in [0.05, 0.1) is 22.1 Å². The smallest absolute Gasteiger partial charge is 0.138 e. The maximum Gasteiger partial charge on any atom is 0.138 e. The molecule has 0 fully saturated rings. The van der Waals surface area contributed by atoms with Crippen molar-refractivity contribution in [2.45, 2.75) is 0 Å². The van der Waals surface area contributed by atoms with Crippen LogP contribution < -0.4 is 4.90 Å². The van der Waals surface area contributed by atoms with Crippen LogP contribution in [-0.4, -0.2) is 19.9 Å². The number of fused-ring (bicyclic) bond motifs is 2. The third-order valence-corrected chi connectivity index (χ3v) is 6.59. The Balaban J connectivity index is 1.24. The monoisotopic (exact) mass is 477 g/mol. The van der Waals surface area contributed by atoms with Crippen molar-refractivity contribution in [2.24, 2.45) is 0 Å². The van der Waals surface area contributed by atoms with Crippen molar-refractivity contribution in [1.29, 1.82) is 0 Å². The van der Waals surface area contributed by atoms with Gasteiger partial charge in [0.15, 0.2) is 0 Å². The highest BCUT2D eigenvalue weighted by molar-refractivity contribution is 5.83. The molecule has 37 heavy (non-hydrogen) atoms. The van der Waals surface area contributed by atoms with Gasteiger partial charge in [-0.2, -0.15) is 0 Å². The van der Waals surface area contributed by atoms with Crippen molar-refractivity contribution in [3.8, 4) is 22.8 Å². The number of rotatable bonds is 5. The maximum absolute atomic E-state index is 4.75. The average Bonchev–Trinajstić information content (AvgIpc) is 3.59. The van der Waals surface area contributed by atoms with Gasteiger partial charge in [-0.05, 0) is 84.9 Å². The molecular weight excluding hydrogens is 454 g/mol. The lowest BCUT2D eigenvalue weighted by atomic mass is 10.1. The van der Waals surface area contributed by atoms with Crippen LogP contribution in [0.5, 0.6) is 0 Å². The molecular formula is C32H23N5. The minimum atomic E-state index is 0.870. The Morgan fingerprint density at radius 1 is 0.405 bits per heavy atom. The summed E-state index contributed by atoms with van der Waals surface area (Å²) >= 11 is 0. The van der Waals surface area contributed by atoms with Crippen LogP contribution in [0.25, 0.3) is 44.8 Å². The van der Waals surface area contributed by atoms with Crippen LogP contribution in [0, 0.1) is 0 Å². The average molecular weight is 478 g/mol. The molecule has 0 spiro atoms. The van der Waals surface area contributed by atoms with E-state index in [1.54, 1.807) is 0 Å². The van der Waals surface area contributed by atoms with E-state index in [4.69, 9.17) is 9.97 Å². The third-order valence-electron chi connectivity index (χ3n) is 6.59. The zero-order valence-corrected chi connectivity index (χ0v) is 20.0. The standard InChI is InChI=1S/C32H23N5/c1-2-8-24(9-3-1)37(25-18-14-22(15-19-25)31-33-27-10-4-5-11-28(27)34-31)26-20-16-23(17-21-26)32-35-29-12-6-7-13-30(29)36-32/h1-21H,(H,33,34)(H,35,36). The van der Waals surface area contributed by atoms with E-state index in [-0.39, 0.29) is 0 Å². The molecule has 2 heterocycles. The molecule has 5 aromatic carbocycles. The molecule has 0 saturated heterocycles. The predicted molar refractivity (Wildman–Crippen MR) is 151 cm³/mol. The second-order valence-electron chi connectivity index (χ2n) is 8.97. The molecule has 5 heteroatoms. The van der Waals surface area contributed by atoms with E-state index in [1.165, 1.54) is 0 Å². The predicted octanol–water partition coefficient (Wildman–Crippen LogP) is 8.24. The first-order valence-electron chi connectivity index (χ1n) is 12.3. The summed E-state index contributed by atoms with van der Waals surface area (Å²) in [4.78, 5) is 18.6. The molecule has 0 unspecified atom stereocenters. The summed E-state index contributed by atoms with van der Waals surface area (Å²) in [5, 5.41) is 0. The Morgan fingerprint density at radius 3 is 1.27 bits per heavy atom. The summed E-state index contributed by atoms with van der Waals surface area (Å²) in [7, 11) is 0. The first kappa shape index (κ1) is 21.1. The van der Waals surface area contributed by atoms with Crippen molar-refractivity contribution in [3.63, 3.8) is 0 Å². The number of anilines is 3. The Morgan fingerprint density at radius 2 is 0.811 bits per heavy atom. The van der Waals surface area contributed by atoms with Crippen molar-refractivity contribution < 1.29 is 0 Å². The molecule has 0 bridgehead atoms. The lowest BCUT2D eigenvalue weighted by Gasteiger charge is -2.25. The minimum Gasteiger partial charge on any atom is -0.338 e. The molecule has 0 saturated carbocycles. The van der Waals surface area contributed by atoms with Crippen LogP contribution in [0.2, 0.25) is 0 Å². The summed E-state index contributed by atoms with van der Waals surface area (Å²) in [6.45, 7) is 0. The minimum absolute atomic E-state index is 0.870.